The van der Waals surface area contributed by atoms with Gasteiger partial charge in [0, 0.05) is 28.0 Å². The lowest BCUT2D eigenvalue weighted by molar-refractivity contribution is -0.385. The van der Waals surface area contributed by atoms with E-state index in [4.69, 9.17) is 16.3 Å². The smallest absolute Gasteiger partial charge is 0.271 e. The molecule has 2 aromatic rings. The van der Waals surface area contributed by atoms with E-state index in [1.54, 1.807) is 18.2 Å². The average Bonchev–Trinajstić information content (AvgIpc) is 2.43. The van der Waals surface area contributed by atoms with Crippen LogP contribution in [0.25, 0.3) is 0 Å². The van der Waals surface area contributed by atoms with Crippen LogP contribution in [0, 0.1) is 10.1 Å². The molecule has 2 rings (SSSR count). The third-order valence-electron chi connectivity index (χ3n) is 2.57. The van der Waals surface area contributed by atoms with Gasteiger partial charge in [0.2, 0.25) is 0 Å². The molecule has 110 valence electrons. The zero-order chi connectivity index (χ0) is 15.6. The van der Waals surface area contributed by atoms with Crippen LogP contribution in [0.3, 0.4) is 0 Å². The van der Waals surface area contributed by atoms with Gasteiger partial charge in [0.1, 0.15) is 5.75 Å². The van der Waals surface area contributed by atoms with Crippen LogP contribution >= 0.6 is 59.4 Å². The molecular weight excluding hydrogens is 493 g/mol. The molecule has 0 heterocycles. The maximum atomic E-state index is 10.8. The van der Waals surface area contributed by atoms with Gasteiger partial charge in [-0.1, -0.05) is 27.5 Å². The summed E-state index contributed by atoms with van der Waals surface area (Å²) < 4.78 is 6.82. The summed E-state index contributed by atoms with van der Waals surface area (Å²) in [6.45, 7) is 0. The Balaban J connectivity index is 2.43. The van der Waals surface area contributed by atoms with Crippen LogP contribution in [0.1, 0.15) is 5.56 Å². The van der Waals surface area contributed by atoms with Crippen molar-refractivity contribution in [1.82, 2.24) is 0 Å². The van der Waals surface area contributed by atoms with Gasteiger partial charge in [-0.05, 0) is 50.1 Å². The van der Waals surface area contributed by atoms with Crippen LogP contribution in [0.5, 0.6) is 11.5 Å². The molecule has 4 nitrogen and oxygen atoms in total. The van der Waals surface area contributed by atoms with Crippen molar-refractivity contribution in [3.63, 3.8) is 0 Å². The number of nitro benzene ring substituents is 1. The first-order chi connectivity index (χ1) is 9.92. The molecule has 0 radical (unpaired) electrons. The van der Waals surface area contributed by atoms with Gasteiger partial charge in [-0.25, -0.2) is 0 Å². The van der Waals surface area contributed by atoms with Crippen LogP contribution < -0.4 is 4.74 Å². The van der Waals surface area contributed by atoms with Crippen molar-refractivity contribution in [2.24, 2.45) is 0 Å². The predicted octanol–water partition coefficient (Wildman–Crippen LogP) is 6.46. The molecule has 0 aliphatic heterocycles. The van der Waals surface area contributed by atoms with E-state index in [1.807, 2.05) is 0 Å². The molecule has 21 heavy (non-hydrogen) atoms. The number of nitro groups is 1. The molecule has 8 heteroatoms. The fourth-order valence-corrected chi connectivity index (χ4v) is 3.57. The summed E-state index contributed by atoms with van der Waals surface area (Å²) in [6.07, 6.45) is 0. The first kappa shape index (κ1) is 16.7. The average molecular weight is 500 g/mol. The Morgan fingerprint density at radius 3 is 2.33 bits per heavy atom. The van der Waals surface area contributed by atoms with E-state index in [-0.39, 0.29) is 5.69 Å². The Morgan fingerprint density at radius 1 is 1.19 bits per heavy atom. The van der Waals surface area contributed by atoms with E-state index in [1.165, 1.54) is 12.1 Å². The number of ether oxygens (including phenoxy) is 1. The maximum Gasteiger partial charge on any atom is 0.271 e. The number of rotatable bonds is 4. The standard InChI is InChI=1S/C13H7Br3ClNO3/c14-6-7-3-8(17)1-2-12(7)21-13-10(15)4-9(18(19)20)5-11(13)16/h1-5H,6H2. The first-order valence-corrected chi connectivity index (χ1v) is 8.66. The Kier molecular flexibility index (Phi) is 5.65. The van der Waals surface area contributed by atoms with E-state index in [2.05, 4.69) is 47.8 Å². The van der Waals surface area contributed by atoms with Gasteiger partial charge in [-0.3, -0.25) is 10.1 Å². The summed E-state index contributed by atoms with van der Waals surface area (Å²) in [5.41, 5.74) is 0.845. The van der Waals surface area contributed by atoms with E-state index < -0.39 is 4.92 Å². The summed E-state index contributed by atoms with van der Waals surface area (Å²) in [6, 6.07) is 8.04. The number of alkyl halides is 1. The fourth-order valence-electron chi connectivity index (χ4n) is 1.61. The van der Waals surface area contributed by atoms with E-state index >= 15 is 0 Å². The maximum absolute atomic E-state index is 10.8. The van der Waals surface area contributed by atoms with Crippen molar-refractivity contribution in [3.8, 4) is 11.5 Å². The van der Waals surface area contributed by atoms with Gasteiger partial charge in [0.05, 0.1) is 13.9 Å². The number of halogens is 4. The quantitative estimate of drug-likeness (QED) is 0.275. The number of benzene rings is 2. The topological polar surface area (TPSA) is 52.4 Å². The second-order valence-electron chi connectivity index (χ2n) is 3.98. The second-order valence-corrected chi connectivity index (χ2v) is 6.69. The van der Waals surface area contributed by atoms with Gasteiger partial charge in [0.15, 0.2) is 5.75 Å². The molecule has 0 atom stereocenters. The number of hydrogen-bond acceptors (Lipinski definition) is 3. The molecule has 0 saturated carbocycles. The molecular formula is C13H7Br3ClNO3. The van der Waals surface area contributed by atoms with Crippen LogP contribution in [0.15, 0.2) is 39.3 Å². The van der Waals surface area contributed by atoms with Crippen molar-refractivity contribution in [1.29, 1.82) is 0 Å². The van der Waals surface area contributed by atoms with Gasteiger partial charge in [0.25, 0.3) is 5.69 Å². The Morgan fingerprint density at radius 2 is 1.81 bits per heavy atom. The lowest BCUT2D eigenvalue weighted by Crippen LogP contribution is -1.94. The van der Waals surface area contributed by atoms with E-state index in [9.17, 15) is 10.1 Å². The highest BCUT2D eigenvalue weighted by Crippen LogP contribution is 2.41. The van der Waals surface area contributed by atoms with Crippen LogP contribution in [0.2, 0.25) is 5.02 Å². The fraction of sp³-hybridized carbons (Fsp3) is 0.0769. The number of non-ortho nitro benzene ring substituents is 1. The summed E-state index contributed by atoms with van der Waals surface area (Å²) in [5.74, 6) is 1.08. The van der Waals surface area contributed by atoms with Crippen molar-refractivity contribution in [2.45, 2.75) is 5.33 Å². The minimum atomic E-state index is -0.467. The third-order valence-corrected chi connectivity index (χ3v) is 4.59. The molecule has 0 N–H and O–H groups in total. The minimum Gasteiger partial charge on any atom is -0.455 e. The lowest BCUT2D eigenvalue weighted by atomic mass is 10.2. The monoisotopic (exact) mass is 497 g/mol. The summed E-state index contributed by atoms with van der Waals surface area (Å²) in [4.78, 5) is 10.3. The summed E-state index contributed by atoms with van der Waals surface area (Å²) in [7, 11) is 0. The zero-order valence-corrected chi connectivity index (χ0v) is 15.8. The minimum absolute atomic E-state index is 0.0297. The highest BCUT2D eigenvalue weighted by atomic mass is 79.9. The van der Waals surface area contributed by atoms with Crippen molar-refractivity contribution < 1.29 is 9.66 Å². The van der Waals surface area contributed by atoms with Gasteiger partial charge in [-0.15, -0.1) is 0 Å². The van der Waals surface area contributed by atoms with Crippen LogP contribution in [-0.2, 0) is 5.33 Å². The molecule has 0 amide bonds. The van der Waals surface area contributed by atoms with Crippen molar-refractivity contribution in [2.75, 3.05) is 0 Å². The molecule has 2 aromatic carbocycles. The summed E-state index contributed by atoms with van der Waals surface area (Å²) >= 11 is 15.9. The Labute approximate surface area is 151 Å². The van der Waals surface area contributed by atoms with Crippen LogP contribution in [-0.4, -0.2) is 4.92 Å². The zero-order valence-electron chi connectivity index (χ0n) is 10.3. The van der Waals surface area contributed by atoms with Gasteiger partial charge in [-0.2, -0.15) is 0 Å². The van der Waals surface area contributed by atoms with Gasteiger partial charge >= 0.3 is 0 Å². The lowest BCUT2D eigenvalue weighted by Gasteiger charge is -2.13. The SMILES string of the molecule is O=[N+]([O-])c1cc(Br)c(Oc2ccc(Cl)cc2CBr)c(Br)c1. The van der Waals surface area contributed by atoms with Gasteiger partial charge < -0.3 is 4.74 Å². The third kappa shape index (κ3) is 3.97. The second kappa shape index (κ2) is 7.09. The number of hydrogen-bond donors (Lipinski definition) is 0. The molecule has 0 aliphatic rings. The van der Waals surface area contributed by atoms with E-state index in [0.29, 0.717) is 30.8 Å². The highest BCUT2D eigenvalue weighted by Gasteiger charge is 2.17. The first-order valence-electron chi connectivity index (χ1n) is 5.58. The molecule has 0 fully saturated rings. The largest absolute Gasteiger partial charge is 0.455 e. The van der Waals surface area contributed by atoms with Crippen LogP contribution in [0.4, 0.5) is 5.69 Å². The number of nitrogens with zero attached hydrogens (tertiary/aromatic N) is 1. The molecule has 0 aromatic heterocycles. The molecule has 0 unspecified atom stereocenters. The van der Waals surface area contributed by atoms with E-state index in [0.717, 1.165) is 5.56 Å². The predicted molar refractivity (Wildman–Crippen MR) is 92.7 cm³/mol. The Bertz CT molecular complexity index is 686. The van der Waals surface area contributed by atoms with Crippen molar-refractivity contribution >= 4 is 65.1 Å². The molecule has 0 aliphatic carbocycles. The highest BCUT2D eigenvalue weighted by molar-refractivity contribution is 9.11. The molecule has 0 saturated heterocycles. The normalized spacial score (nSPS) is 10.5. The molecule has 0 spiro atoms. The molecule has 0 bridgehead atoms. The van der Waals surface area contributed by atoms with Crippen molar-refractivity contribution in [3.05, 3.63) is 60.0 Å². The Hall–Kier alpha value is -0.630. The summed E-state index contributed by atoms with van der Waals surface area (Å²) in [5, 5.41) is 12.0.